The standard InChI is InChI=1S/C15H28N4O/c1-10-5-6-18(11(2)7-10)8-14(20)9-19-13(4)15(16)12(3)17-19/h10-11,14,20H,5-9,16H2,1-4H3. The van der Waals surface area contributed by atoms with E-state index in [1.807, 2.05) is 18.5 Å². The molecule has 2 rings (SSSR count). The lowest BCUT2D eigenvalue weighted by molar-refractivity contribution is 0.0502. The molecule has 5 nitrogen and oxygen atoms in total. The Bertz CT molecular complexity index is 457. The van der Waals surface area contributed by atoms with Crippen molar-refractivity contribution in [2.24, 2.45) is 5.92 Å². The van der Waals surface area contributed by atoms with Crippen molar-refractivity contribution in [2.75, 3.05) is 18.8 Å². The Morgan fingerprint density at radius 3 is 2.60 bits per heavy atom. The molecule has 1 fully saturated rings. The molecule has 0 aliphatic carbocycles. The first-order chi connectivity index (χ1) is 9.38. The molecule has 0 aromatic carbocycles. The van der Waals surface area contributed by atoms with Gasteiger partial charge >= 0.3 is 0 Å². The summed E-state index contributed by atoms with van der Waals surface area (Å²) >= 11 is 0. The zero-order chi connectivity index (χ0) is 14.9. The van der Waals surface area contributed by atoms with Crippen LogP contribution in [0.1, 0.15) is 38.1 Å². The normalized spacial score (nSPS) is 25.9. The molecule has 1 aliphatic heterocycles. The van der Waals surface area contributed by atoms with Crippen LogP contribution in [-0.2, 0) is 6.54 Å². The smallest absolute Gasteiger partial charge is 0.0862 e. The zero-order valence-corrected chi connectivity index (χ0v) is 13.1. The van der Waals surface area contributed by atoms with Crippen molar-refractivity contribution in [3.05, 3.63) is 11.4 Å². The molecule has 20 heavy (non-hydrogen) atoms. The van der Waals surface area contributed by atoms with Crippen LogP contribution >= 0.6 is 0 Å². The Morgan fingerprint density at radius 1 is 1.35 bits per heavy atom. The number of hydrogen-bond donors (Lipinski definition) is 2. The van der Waals surface area contributed by atoms with E-state index in [4.69, 9.17) is 5.73 Å². The maximum Gasteiger partial charge on any atom is 0.0862 e. The van der Waals surface area contributed by atoms with Crippen molar-refractivity contribution < 1.29 is 5.11 Å². The molecule has 1 saturated heterocycles. The van der Waals surface area contributed by atoms with Crippen molar-refractivity contribution in [1.29, 1.82) is 0 Å². The summed E-state index contributed by atoms with van der Waals surface area (Å²) in [5, 5.41) is 14.7. The summed E-state index contributed by atoms with van der Waals surface area (Å²) in [6.07, 6.45) is 2.05. The first kappa shape index (κ1) is 15.3. The van der Waals surface area contributed by atoms with E-state index < -0.39 is 6.10 Å². The maximum absolute atomic E-state index is 10.3. The summed E-state index contributed by atoms with van der Waals surface area (Å²) < 4.78 is 1.83. The maximum atomic E-state index is 10.3. The van der Waals surface area contributed by atoms with Gasteiger partial charge < -0.3 is 10.8 Å². The Labute approximate surface area is 121 Å². The average molecular weight is 280 g/mol. The van der Waals surface area contributed by atoms with Crippen LogP contribution in [0.4, 0.5) is 5.69 Å². The summed E-state index contributed by atoms with van der Waals surface area (Å²) in [7, 11) is 0. The van der Waals surface area contributed by atoms with Gasteiger partial charge in [-0.25, -0.2) is 0 Å². The fraction of sp³-hybridized carbons (Fsp3) is 0.800. The first-order valence-electron chi connectivity index (χ1n) is 7.60. The Morgan fingerprint density at radius 2 is 2.05 bits per heavy atom. The van der Waals surface area contributed by atoms with E-state index in [1.54, 1.807) is 0 Å². The van der Waals surface area contributed by atoms with Gasteiger partial charge in [0.2, 0.25) is 0 Å². The van der Waals surface area contributed by atoms with Gasteiger partial charge in [-0.2, -0.15) is 5.10 Å². The molecule has 1 aromatic heterocycles. The number of nitrogens with two attached hydrogens (primary N) is 1. The highest BCUT2D eigenvalue weighted by Crippen LogP contribution is 2.22. The number of nitrogen functional groups attached to an aromatic ring is 1. The van der Waals surface area contributed by atoms with Crippen LogP contribution in [0.3, 0.4) is 0 Å². The lowest BCUT2D eigenvalue weighted by Gasteiger charge is -2.37. The largest absolute Gasteiger partial charge is 0.396 e. The molecule has 3 unspecified atom stereocenters. The molecule has 114 valence electrons. The van der Waals surface area contributed by atoms with Crippen LogP contribution in [0, 0.1) is 19.8 Å². The van der Waals surface area contributed by atoms with Gasteiger partial charge in [-0.3, -0.25) is 9.58 Å². The van der Waals surface area contributed by atoms with Gasteiger partial charge in [-0.15, -0.1) is 0 Å². The molecular weight excluding hydrogens is 252 g/mol. The van der Waals surface area contributed by atoms with Gasteiger partial charge in [-0.1, -0.05) is 6.92 Å². The molecule has 0 amide bonds. The van der Waals surface area contributed by atoms with Gasteiger partial charge in [-0.05, 0) is 46.1 Å². The quantitative estimate of drug-likeness (QED) is 0.878. The molecule has 0 spiro atoms. The number of piperidine rings is 1. The van der Waals surface area contributed by atoms with E-state index >= 15 is 0 Å². The van der Waals surface area contributed by atoms with E-state index in [1.165, 1.54) is 12.8 Å². The average Bonchev–Trinajstić information content (AvgIpc) is 2.61. The number of aromatic nitrogens is 2. The summed E-state index contributed by atoms with van der Waals surface area (Å²) in [4.78, 5) is 2.39. The second kappa shape index (κ2) is 6.14. The minimum atomic E-state index is -0.400. The van der Waals surface area contributed by atoms with Crippen molar-refractivity contribution in [1.82, 2.24) is 14.7 Å². The molecule has 0 radical (unpaired) electrons. The summed E-state index contributed by atoms with van der Waals surface area (Å²) in [6, 6.07) is 0.555. The predicted octanol–water partition coefficient (Wildman–Crippen LogP) is 1.56. The summed E-state index contributed by atoms with van der Waals surface area (Å²) in [6.45, 7) is 10.7. The second-order valence-corrected chi connectivity index (χ2v) is 6.39. The summed E-state index contributed by atoms with van der Waals surface area (Å²) in [5.41, 5.74) is 8.45. The van der Waals surface area contributed by atoms with E-state index in [-0.39, 0.29) is 0 Å². The monoisotopic (exact) mass is 280 g/mol. The molecule has 1 aliphatic rings. The number of aliphatic hydroxyl groups excluding tert-OH is 1. The first-order valence-corrected chi connectivity index (χ1v) is 7.60. The molecule has 3 atom stereocenters. The fourth-order valence-corrected chi connectivity index (χ4v) is 3.14. The Kier molecular flexibility index (Phi) is 4.70. The topological polar surface area (TPSA) is 67.3 Å². The molecule has 2 heterocycles. The Hall–Kier alpha value is -1.07. The molecule has 0 saturated carbocycles. The summed E-state index contributed by atoms with van der Waals surface area (Å²) in [5.74, 6) is 0.800. The molecule has 0 bridgehead atoms. The number of aryl methyl sites for hydroxylation is 1. The van der Waals surface area contributed by atoms with Crippen LogP contribution in [-0.4, -0.2) is 45.0 Å². The van der Waals surface area contributed by atoms with E-state index in [0.717, 1.165) is 29.5 Å². The van der Waals surface area contributed by atoms with Crippen LogP contribution in [0.2, 0.25) is 0 Å². The predicted molar refractivity (Wildman–Crippen MR) is 81.6 cm³/mol. The van der Waals surface area contributed by atoms with Gasteiger partial charge in [0.1, 0.15) is 0 Å². The third-order valence-electron chi connectivity index (χ3n) is 4.54. The number of rotatable bonds is 4. The number of nitrogens with zero attached hydrogens (tertiary/aromatic N) is 3. The Balaban J connectivity index is 1.92. The third-order valence-corrected chi connectivity index (χ3v) is 4.54. The van der Waals surface area contributed by atoms with Crippen LogP contribution < -0.4 is 5.73 Å². The van der Waals surface area contributed by atoms with Gasteiger partial charge in [0.15, 0.2) is 0 Å². The highest BCUT2D eigenvalue weighted by molar-refractivity contribution is 5.46. The third kappa shape index (κ3) is 3.33. The van der Waals surface area contributed by atoms with Crippen LogP contribution in [0.15, 0.2) is 0 Å². The second-order valence-electron chi connectivity index (χ2n) is 6.39. The number of aliphatic hydroxyl groups is 1. The lowest BCUT2D eigenvalue weighted by Crippen LogP contribution is -2.45. The van der Waals surface area contributed by atoms with Crippen LogP contribution in [0.25, 0.3) is 0 Å². The molecule has 1 aromatic rings. The van der Waals surface area contributed by atoms with E-state index in [9.17, 15) is 5.11 Å². The highest BCUT2D eigenvalue weighted by Gasteiger charge is 2.25. The van der Waals surface area contributed by atoms with Gasteiger partial charge in [0.05, 0.1) is 29.7 Å². The van der Waals surface area contributed by atoms with Crippen molar-refractivity contribution in [2.45, 2.75) is 59.2 Å². The van der Waals surface area contributed by atoms with E-state index in [0.29, 0.717) is 19.1 Å². The highest BCUT2D eigenvalue weighted by atomic mass is 16.3. The van der Waals surface area contributed by atoms with Crippen LogP contribution in [0.5, 0.6) is 0 Å². The minimum absolute atomic E-state index is 0.400. The van der Waals surface area contributed by atoms with Gasteiger partial charge in [0.25, 0.3) is 0 Å². The number of likely N-dealkylation sites (tertiary alicyclic amines) is 1. The van der Waals surface area contributed by atoms with Crippen molar-refractivity contribution >= 4 is 5.69 Å². The van der Waals surface area contributed by atoms with Crippen molar-refractivity contribution in [3.8, 4) is 0 Å². The molecule has 3 N–H and O–H groups in total. The zero-order valence-electron chi connectivity index (χ0n) is 13.1. The van der Waals surface area contributed by atoms with Gasteiger partial charge in [0, 0.05) is 12.6 Å². The number of β-amino-alcohol motifs (C(OH)–C–C–N with tert-alkyl or cyclic N) is 1. The number of anilines is 1. The number of hydrogen-bond acceptors (Lipinski definition) is 4. The fourth-order valence-electron chi connectivity index (χ4n) is 3.14. The molecular formula is C15H28N4O. The SMILES string of the molecule is Cc1nn(CC(O)CN2CCC(C)CC2C)c(C)c1N. The molecule has 5 heteroatoms. The van der Waals surface area contributed by atoms with Crippen molar-refractivity contribution in [3.63, 3.8) is 0 Å². The minimum Gasteiger partial charge on any atom is -0.396 e. The lowest BCUT2D eigenvalue weighted by atomic mass is 9.93. The van der Waals surface area contributed by atoms with E-state index in [2.05, 4.69) is 23.8 Å².